The summed E-state index contributed by atoms with van der Waals surface area (Å²) in [5, 5.41) is 0. The third kappa shape index (κ3) is 3.34. The van der Waals surface area contributed by atoms with Gasteiger partial charge < -0.3 is 9.72 Å². The molecule has 100 valence electrons. The summed E-state index contributed by atoms with van der Waals surface area (Å²) in [7, 11) is 0. The van der Waals surface area contributed by atoms with Crippen molar-refractivity contribution >= 4 is 0 Å². The first kappa shape index (κ1) is 13.1. The predicted molar refractivity (Wildman–Crippen MR) is 61.1 cm³/mol. The zero-order valence-corrected chi connectivity index (χ0v) is 9.78. The van der Waals surface area contributed by atoms with E-state index in [-0.39, 0.29) is 11.6 Å². The molecule has 0 spiro atoms. The summed E-state index contributed by atoms with van der Waals surface area (Å²) in [5.41, 5.74) is -1.26. The van der Waals surface area contributed by atoms with Crippen LogP contribution in [0.4, 0.5) is 13.2 Å². The van der Waals surface area contributed by atoms with Crippen LogP contribution in [0.2, 0.25) is 0 Å². The maximum atomic E-state index is 12.5. The molecule has 2 aromatic rings. The number of benzene rings is 1. The number of aryl methyl sites for hydroxylation is 1. The van der Waals surface area contributed by atoms with Gasteiger partial charge in [-0.3, -0.25) is 4.79 Å². The van der Waals surface area contributed by atoms with Crippen LogP contribution < -0.4 is 10.3 Å². The zero-order valence-electron chi connectivity index (χ0n) is 9.78. The summed E-state index contributed by atoms with van der Waals surface area (Å²) in [5.74, 6) is 0.224. The summed E-state index contributed by atoms with van der Waals surface area (Å²) in [4.78, 5) is 17.4. The number of H-pyrrole nitrogens is 1. The number of halogens is 3. The third-order valence-corrected chi connectivity index (χ3v) is 2.22. The second-order valence-electron chi connectivity index (χ2n) is 3.80. The minimum Gasteiger partial charge on any atom is -0.439 e. The average Bonchev–Trinajstić information content (AvgIpc) is 2.26. The van der Waals surface area contributed by atoms with E-state index < -0.39 is 17.3 Å². The number of hydrogen-bond donors (Lipinski definition) is 1. The molecule has 0 aliphatic carbocycles. The van der Waals surface area contributed by atoms with Gasteiger partial charge in [-0.05, 0) is 25.1 Å². The molecular formula is C12H9F3N2O2. The second kappa shape index (κ2) is 4.75. The molecule has 0 radical (unpaired) electrons. The molecule has 2 rings (SSSR count). The van der Waals surface area contributed by atoms with Crippen molar-refractivity contribution < 1.29 is 17.9 Å². The zero-order chi connectivity index (χ0) is 14.0. The Morgan fingerprint density at radius 3 is 2.63 bits per heavy atom. The smallest absolute Gasteiger partial charge is 0.416 e. The lowest BCUT2D eigenvalue weighted by Crippen LogP contribution is -2.08. The first-order valence-electron chi connectivity index (χ1n) is 5.28. The Kier molecular flexibility index (Phi) is 3.28. The molecule has 0 atom stereocenters. The fourth-order valence-corrected chi connectivity index (χ4v) is 1.46. The molecule has 0 amide bonds. The van der Waals surface area contributed by atoms with Crippen LogP contribution in [0.1, 0.15) is 11.4 Å². The minimum atomic E-state index is -4.45. The summed E-state index contributed by atoms with van der Waals surface area (Å²) in [6, 6.07) is 5.42. The summed E-state index contributed by atoms with van der Waals surface area (Å²) < 4.78 is 42.7. The molecule has 4 nitrogen and oxygen atoms in total. The van der Waals surface area contributed by atoms with Crippen molar-refractivity contribution in [1.82, 2.24) is 9.97 Å². The Bertz CT molecular complexity index is 650. The topological polar surface area (TPSA) is 55.0 Å². The van der Waals surface area contributed by atoms with Crippen LogP contribution in [0.5, 0.6) is 11.6 Å². The first-order chi connectivity index (χ1) is 8.84. The number of alkyl halides is 3. The number of rotatable bonds is 2. The summed E-state index contributed by atoms with van der Waals surface area (Å²) in [6.45, 7) is 1.54. The van der Waals surface area contributed by atoms with Crippen LogP contribution >= 0.6 is 0 Å². The van der Waals surface area contributed by atoms with Crippen molar-refractivity contribution in [3.8, 4) is 11.6 Å². The van der Waals surface area contributed by atoms with Crippen LogP contribution in [0, 0.1) is 6.92 Å². The lowest BCUT2D eigenvalue weighted by Gasteiger charge is -2.09. The largest absolute Gasteiger partial charge is 0.439 e. The lowest BCUT2D eigenvalue weighted by atomic mass is 10.2. The van der Waals surface area contributed by atoms with Gasteiger partial charge in [0.25, 0.3) is 5.56 Å². The van der Waals surface area contributed by atoms with E-state index in [1.54, 1.807) is 6.92 Å². The Labute approximate surface area is 105 Å². The van der Waals surface area contributed by atoms with Gasteiger partial charge >= 0.3 is 6.18 Å². The van der Waals surface area contributed by atoms with Gasteiger partial charge in [-0.25, -0.2) is 4.98 Å². The van der Waals surface area contributed by atoms with Crippen molar-refractivity contribution in [3.63, 3.8) is 0 Å². The maximum Gasteiger partial charge on any atom is 0.416 e. The molecule has 1 aromatic heterocycles. The highest BCUT2D eigenvalue weighted by molar-refractivity contribution is 5.32. The second-order valence-corrected chi connectivity index (χ2v) is 3.80. The van der Waals surface area contributed by atoms with Crippen molar-refractivity contribution in [2.24, 2.45) is 0 Å². The fraction of sp³-hybridized carbons (Fsp3) is 0.167. The highest BCUT2D eigenvalue weighted by Crippen LogP contribution is 2.32. The van der Waals surface area contributed by atoms with Gasteiger partial charge in [0, 0.05) is 0 Å². The Balaban J connectivity index is 2.31. The molecule has 0 saturated heterocycles. The van der Waals surface area contributed by atoms with E-state index in [1.165, 1.54) is 12.1 Å². The predicted octanol–water partition coefficient (Wildman–Crippen LogP) is 2.89. The number of aromatic amines is 1. The van der Waals surface area contributed by atoms with Gasteiger partial charge in [-0.2, -0.15) is 13.2 Å². The summed E-state index contributed by atoms with van der Waals surface area (Å²) >= 11 is 0. The van der Waals surface area contributed by atoms with Crippen LogP contribution in [0.15, 0.2) is 35.1 Å². The number of nitrogens with one attached hydrogen (secondary N) is 1. The van der Waals surface area contributed by atoms with E-state index >= 15 is 0 Å². The molecule has 0 bridgehead atoms. The van der Waals surface area contributed by atoms with Crippen molar-refractivity contribution in [2.75, 3.05) is 0 Å². The quantitative estimate of drug-likeness (QED) is 0.912. The monoisotopic (exact) mass is 270 g/mol. The van der Waals surface area contributed by atoms with Gasteiger partial charge in [0.1, 0.15) is 11.6 Å². The standard InChI is InChI=1S/C12H9F3N2O2/c1-7-16-10(18)6-11(17-7)19-9-4-2-3-8(5-9)12(13,14)15/h2-6H,1H3,(H,16,17,18). The molecule has 0 fully saturated rings. The van der Waals surface area contributed by atoms with E-state index in [1.807, 2.05) is 0 Å². The van der Waals surface area contributed by atoms with Gasteiger partial charge in [0.15, 0.2) is 0 Å². The van der Waals surface area contributed by atoms with Gasteiger partial charge in [-0.1, -0.05) is 6.07 Å². The van der Waals surface area contributed by atoms with Crippen molar-refractivity contribution in [2.45, 2.75) is 13.1 Å². The van der Waals surface area contributed by atoms with Crippen molar-refractivity contribution in [1.29, 1.82) is 0 Å². The number of ether oxygens (including phenoxy) is 1. The minimum absolute atomic E-state index is 0.0349. The molecular weight excluding hydrogens is 261 g/mol. The third-order valence-electron chi connectivity index (χ3n) is 2.22. The van der Waals surface area contributed by atoms with E-state index in [0.29, 0.717) is 5.82 Å². The Morgan fingerprint density at radius 2 is 2.00 bits per heavy atom. The summed E-state index contributed by atoms with van der Waals surface area (Å²) in [6.07, 6.45) is -4.45. The van der Waals surface area contributed by atoms with Gasteiger partial charge in [0.2, 0.25) is 5.88 Å². The van der Waals surface area contributed by atoms with Crippen LogP contribution in [0.3, 0.4) is 0 Å². The number of nitrogens with zero attached hydrogens (tertiary/aromatic N) is 1. The highest BCUT2D eigenvalue weighted by Gasteiger charge is 2.30. The van der Waals surface area contributed by atoms with E-state index in [4.69, 9.17) is 4.74 Å². The van der Waals surface area contributed by atoms with E-state index in [0.717, 1.165) is 18.2 Å². The molecule has 0 unspecified atom stereocenters. The van der Waals surface area contributed by atoms with Gasteiger partial charge in [0.05, 0.1) is 11.6 Å². The Hall–Kier alpha value is -2.31. The molecule has 7 heteroatoms. The molecule has 0 saturated carbocycles. The fourth-order valence-electron chi connectivity index (χ4n) is 1.46. The normalized spacial score (nSPS) is 11.4. The molecule has 1 aromatic carbocycles. The van der Waals surface area contributed by atoms with E-state index in [2.05, 4.69) is 9.97 Å². The van der Waals surface area contributed by atoms with Crippen molar-refractivity contribution in [3.05, 3.63) is 52.1 Å². The average molecular weight is 270 g/mol. The van der Waals surface area contributed by atoms with Gasteiger partial charge in [-0.15, -0.1) is 0 Å². The van der Waals surface area contributed by atoms with E-state index in [9.17, 15) is 18.0 Å². The molecule has 19 heavy (non-hydrogen) atoms. The molecule has 0 aliphatic heterocycles. The maximum absolute atomic E-state index is 12.5. The first-order valence-corrected chi connectivity index (χ1v) is 5.28. The van der Waals surface area contributed by atoms with Crippen LogP contribution in [0.25, 0.3) is 0 Å². The number of aromatic nitrogens is 2. The van der Waals surface area contributed by atoms with Crippen LogP contribution in [-0.2, 0) is 6.18 Å². The lowest BCUT2D eigenvalue weighted by molar-refractivity contribution is -0.137. The SMILES string of the molecule is Cc1nc(Oc2cccc(C(F)(F)F)c2)cc(=O)[nH]1. The molecule has 1 N–H and O–H groups in total. The highest BCUT2D eigenvalue weighted by atomic mass is 19.4. The Morgan fingerprint density at radius 1 is 1.26 bits per heavy atom. The molecule has 0 aliphatic rings. The molecule has 1 heterocycles. The van der Waals surface area contributed by atoms with Crippen LogP contribution in [-0.4, -0.2) is 9.97 Å². The number of hydrogen-bond acceptors (Lipinski definition) is 3.